The van der Waals surface area contributed by atoms with E-state index in [1.54, 1.807) is 36.1 Å². The summed E-state index contributed by atoms with van der Waals surface area (Å²) < 4.78 is 33.7. The highest BCUT2D eigenvalue weighted by atomic mass is 32.2. The third-order valence-corrected chi connectivity index (χ3v) is 6.40. The zero-order chi connectivity index (χ0) is 19.8. The molecule has 6 nitrogen and oxygen atoms in total. The number of carbonyl (C=O) groups is 1. The van der Waals surface area contributed by atoms with E-state index >= 15 is 0 Å². The van der Waals surface area contributed by atoms with Crippen molar-refractivity contribution in [2.24, 2.45) is 0 Å². The van der Waals surface area contributed by atoms with Crippen molar-refractivity contribution in [3.05, 3.63) is 47.0 Å². The molecule has 0 aliphatic carbocycles. The van der Waals surface area contributed by atoms with Gasteiger partial charge in [-0.1, -0.05) is 6.07 Å². The molecule has 0 bridgehead atoms. The molecule has 1 amide bonds. The molecular formula is C20H24N2O4S. The van der Waals surface area contributed by atoms with Gasteiger partial charge >= 0.3 is 0 Å². The first-order chi connectivity index (χ1) is 12.7. The van der Waals surface area contributed by atoms with Gasteiger partial charge in [-0.3, -0.25) is 9.52 Å². The molecule has 1 saturated heterocycles. The molecule has 1 aliphatic rings. The van der Waals surface area contributed by atoms with Crippen LogP contribution in [0, 0.1) is 20.8 Å². The number of carbonyl (C=O) groups excluding carboxylic acids is 1. The maximum Gasteiger partial charge on any atom is 0.262 e. The number of aryl methyl sites for hydroxylation is 3. The Labute approximate surface area is 160 Å². The number of anilines is 2. The second-order valence-corrected chi connectivity index (χ2v) is 8.49. The van der Waals surface area contributed by atoms with Crippen molar-refractivity contribution in [1.29, 1.82) is 0 Å². The van der Waals surface area contributed by atoms with E-state index in [0.29, 0.717) is 35.7 Å². The van der Waals surface area contributed by atoms with Gasteiger partial charge in [-0.2, -0.15) is 0 Å². The predicted molar refractivity (Wildman–Crippen MR) is 106 cm³/mol. The Kier molecular flexibility index (Phi) is 5.15. The van der Waals surface area contributed by atoms with Crippen LogP contribution in [0.25, 0.3) is 0 Å². The predicted octanol–water partition coefficient (Wildman–Crippen LogP) is 3.55. The molecule has 1 N–H and O–H groups in total. The van der Waals surface area contributed by atoms with Crippen molar-refractivity contribution < 1.29 is 17.9 Å². The van der Waals surface area contributed by atoms with Gasteiger partial charge in [-0.15, -0.1) is 0 Å². The zero-order valence-corrected chi connectivity index (χ0v) is 16.8. The Bertz CT molecular complexity index is 999. The van der Waals surface area contributed by atoms with Gasteiger partial charge in [-0.05, 0) is 62.1 Å². The normalized spacial score (nSPS) is 14.5. The van der Waals surface area contributed by atoms with Crippen LogP contribution in [-0.4, -0.2) is 28.0 Å². The smallest absolute Gasteiger partial charge is 0.262 e. The molecule has 27 heavy (non-hydrogen) atoms. The number of nitrogens with zero attached hydrogens (tertiary/aromatic N) is 1. The number of hydrogen-bond acceptors (Lipinski definition) is 4. The highest BCUT2D eigenvalue weighted by molar-refractivity contribution is 7.92. The Hall–Kier alpha value is -2.54. The number of hydrogen-bond donors (Lipinski definition) is 1. The summed E-state index contributed by atoms with van der Waals surface area (Å²) in [5.74, 6) is 0.509. The number of nitrogens with one attached hydrogen (secondary N) is 1. The van der Waals surface area contributed by atoms with Crippen molar-refractivity contribution in [3.8, 4) is 5.75 Å². The summed E-state index contributed by atoms with van der Waals surface area (Å²) in [7, 11) is -2.23. The summed E-state index contributed by atoms with van der Waals surface area (Å²) in [4.78, 5) is 13.9. The highest BCUT2D eigenvalue weighted by Gasteiger charge is 2.25. The van der Waals surface area contributed by atoms with Crippen LogP contribution in [0.2, 0.25) is 0 Å². The van der Waals surface area contributed by atoms with Gasteiger partial charge in [0.15, 0.2) is 0 Å². The molecule has 0 unspecified atom stereocenters. The van der Waals surface area contributed by atoms with E-state index < -0.39 is 10.0 Å². The quantitative estimate of drug-likeness (QED) is 0.850. The monoisotopic (exact) mass is 388 g/mol. The fraction of sp³-hybridized carbons (Fsp3) is 0.350. The second-order valence-electron chi connectivity index (χ2n) is 6.84. The van der Waals surface area contributed by atoms with Crippen LogP contribution in [-0.2, 0) is 14.8 Å². The lowest BCUT2D eigenvalue weighted by Crippen LogP contribution is -2.24. The molecule has 0 aromatic heterocycles. The van der Waals surface area contributed by atoms with E-state index in [1.165, 1.54) is 7.11 Å². The zero-order valence-electron chi connectivity index (χ0n) is 16.0. The lowest BCUT2D eigenvalue weighted by atomic mass is 10.1. The van der Waals surface area contributed by atoms with Crippen LogP contribution >= 0.6 is 0 Å². The van der Waals surface area contributed by atoms with Crippen molar-refractivity contribution in [2.45, 2.75) is 38.5 Å². The van der Waals surface area contributed by atoms with E-state index in [0.717, 1.165) is 17.5 Å². The minimum Gasteiger partial charge on any atom is -0.494 e. The fourth-order valence-corrected chi connectivity index (χ4v) is 4.66. The van der Waals surface area contributed by atoms with E-state index in [1.807, 2.05) is 19.9 Å². The first kappa shape index (κ1) is 19.2. The molecule has 2 aromatic carbocycles. The minimum absolute atomic E-state index is 0.0485. The first-order valence-corrected chi connectivity index (χ1v) is 10.3. The van der Waals surface area contributed by atoms with Gasteiger partial charge in [0.05, 0.1) is 23.4 Å². The van der Waals surface area contributed by atoms with Gasteiger partial charge in [0, 0.05) is 19.0 Å². The maximum atomic E-state index is 12.9. The molecule has 1 heterocycles. The Morgan fingerprint density at radius 2 is 1.74 bits per heavy atom. The van der Waals surface area contributed by atoms with E-state index in [4.69, 9.17) is 4.74 Å². The fourth-order valence-electron chi connectivity index (χ4n) is 3.30. The molecular weight excluding hydrogens is 364 g/mol. The maximum absolute atomic E-state index is 12.9. The minimum atomic E-state index is -3.74. The Balaban J connectivity index is 1.93. The van der Waals surface area contributed by atoms with Gasteiger partial charge in [0.1, 0.15) is 5.75 Å². The SMILES string of the molecule is COc1cc(NS(=O)(=O)c2cc(C)c(C)cc2C)ccc1N1CCCC1=O. The molecule has 144 valence electrons. The lowest BCUT2D eigenvalue weighted by molar-refractivity contribution is -0.117. The molecule has 7 heteroatoms. The lowest BCUT2D eigenvalue weighted by Gasteiger charge is -2.20. The van der Waals surface area contributed by atoms with Crippen molar-refractivity contribution in [2.75, 3.05) is 23.3 Å². The van der Waals surface area contributed by atoms with Crippen LogP contribution in [0.1, 0.15) is 29.5 Å². The third-order valence-electron chi connectivity index (χ3n) is 4.88. The van der Waals surface area contributed by atoms with Crippen LogP contribution < -0.4 is 14.4 Å². The number of rotatable bonds is 5. The average molecular weight is 388 g/mol. The molecule has 0 saturated carbocycles. The van der Waals surface area contributed by atoms with Gasteiger partial charge in [0.2, 0.25) is 5.91 Å². The molecule has 3 rings (SSSR count). The summed E-state index contributed by atoms with van der Waals surface area (Å²) in [5, 5.41) is 0. The van der Waals surface area contributed by atoms with Crippen LogP contribution in [0.5, 0.6) is 5.75 Å². The molecule has 0 radical (unpaired) electrons. The van der Waals surface area contributed by atoms with Gasteiger partial charge in [0.25, 0.3) is 10.0 Å². The summed E-state index contributed by atoms with van der Waals surface area (Å²) >= 11 is 0. The highest BCUT2D eigenvalue weighted by Crippen LogP contribution is 2.34. The molecule has 0 spiro atoms. The number of benzene rings is 2. The van der Waals surface area contributed by atoms with Crippen molar-refractivity contribution in [3.63, 3.8) is 0 Å². The number of methoxy groups -OCH3 is 1. The van der Waals surface area contributed by atoms with E-state index in [9.17, 15) is 13.2 Å². The molecule has 1 aliphatic heterocycles. The standard InChI is InChI=1S/C20H24N2O4S/c1-13-10-15(3)19(11-14(13)2)27(24,25)21-16-7-8-17(18(12-16)26-4)22-9-5-6-20(22)23/h7-8,10-12,21H,5-6,9H2,1-4H3. The second kappa shape index (κ2) is 7.23. The number of sulfonamides is 1. The van der Waals surface area contributed by atoms with Gasteiger partial charge < -0.3 is 9.64 Å². The summed E-state index contributed by atoms with van der Waals surface area (Å²) in [5.41, 5.74) is 3.70. The Morgan fingerprint density at radius 1 is 1.04 bits per heavy atom. The van der Waals surface area contributed by atoms with E-state index in [2.05, 4.69) is 4.72 Å². The molecule has 0 atom stereocenters. The topological polar surface area (TPSA) is 75.7 Å². The van der Waals surface area contributed by atoms with E-state index in [-0.39, 0.29) is 10.8 Å². The molecule has 2 aromatic rings. The van der Waals surface area contributed by atoms with Gasteiger partial charge in [-0.25, -0.2) is 8.42 Å². The molecule has 1 fully saturated rings. The van der Waals surface area contributed by atoms with Crippen molar-refractivity contribution in [1.82, 2.24) is 0 Å². The summed E-state index contributed by atoms with van der Waals surface area (Å²) in [6.07, 6.45) is 1.33. The average Bonchev–Trinajstić information content (AvgIpc) is 3.03. The number of ether oxygens (including phenoxy) is 1. The first-order valence-electron chi connectivity index (χ1n) is 8.82. The Morgan fingerprint density at radius 3 is 2.37 bits per heavy atom. The van der Waals surface area contributed by atoms with Crippen LogP contribution in [0.4, 0.5) is 11.4 Å². The van der Waals surface area contributed by atoms with Crippen LogP contribution in [0.3, 0.4) is 0 Å². The summed E-state index contributed by atoms with van der Waals surface area (Å²) in [6.45, 7) is 6.26. The third kappa shape index (κ3) is 3.78. The van der Waals surface area contributed by atoms with Crippen molar-refractivity contribution >= 4 is 27.3 Å². The number of amides is 1. The largest absolute Gasteiger partial charge is 0.494 e. The summed E-state index contributed by atoms with van der Waals surface area (Å²) in [6, 6.07) is 8.52. The van der Waals surface area contributed by atoms with Crippen LogP contribution in [0.15, 0.2) is 35.2 Å².